The zero-order valence-electron chi connectivity index (χ0n) is 9.45. The highest BCUT2D eigenvalue weighted by atomic mass is 16.5. The summed E-state index contributed by atoms with van der Waals surface area (Å²) in [4.78, 5) is 13.7. The number of hydrogen-bond acceptors (Lipinski definition) is 4. The van der Waals surface area contributed by atoms with Crippen molar-refractivity contribution in [1.29, 1.82) is 0 Å². The van der Waals surface area contributed by atoms with E-state index in [4.69, 9.17) is 9.84 Å². The Balaban J connectivity index is 2.39. The van der Waals surface area contributed by atoms with Gasteiger partial charge in [0.25, 0.3) is 0 Å². The van der Waals surface area contributed by atoms with Gasteiger partial charge in [-0.3, -0.25) is 9.69 Å². The fourth-order valence-corrected chi connectivity index (χ4v) is 2.09. The second-order valence-electron chi connectivity index (χ2n) is 4.00. The van der Waals surface area contributed by atoms with Crippen molar-refractivity contribution in [1.82, 2.24) is 4.90 Å². The van der Waals surface area contributed by atoms with Gasteiger partial charge in [0, 0.05) is 6.61 Å². The standard InChI is InChI=1S/C11H21NO3/c1-15-11(14)10-6-2-3-7-12(10)8-4-5-9-13/h10,13H,2-9H2,1H3/t10-/m1/s1. The topological polar surface area (TPSA) is 49.8 Å². The number of rotatable bonds is 5. The van der Waals surface area contributed by atoms with Crippen LogP contribution in [0.5, 0.6) is 0 Å². The summed E-state index contributed by atoms with van der Waals surface area (Å²) in [6.07, 6.45) is 4.93. The molecule has 0 aromatic heterocycles. The molecule has 1 saturated heterocycles. The first kappa shape index (κ1) is 12.5. The van der Waals surface area contributed by atoms with Gasteiger partial charge in [0.05, 0.1) is 7.11 Å². The summed E-state index contributed by atoms with van der Waals surface area (Å²) in [5.41, 5.74) is 0. The lowest BCUT2D eigenvalue weighted by molar-refractivity contribution is -0.148. The Hall–Kier alpha value is -0.610. The van der Waals surface area contributed by atoms with E-state index in [2.05, 4.69) is 4.90 Å². The molecule has 1 rings (SSSR count). The Morgan fingerprint density at radius 3 is 2.93 bits per heavy atom. The van der Waals surface area contributed by atoms with E-state index in [1.165, 1.54) is 7.11 Å². The average molecular weight is 215 g/mol. The fourth-order valence-electron chi connectivity index (χ4n) is 2.09. The minimum absolute atomic E-state index is 0.0533. The van der Waals surface area contributed by atoms with Crippen molar-refractivity contribution in [3.05, 3.63) is 0 Å². The molecule has 0 radical (unpaired) electrons. The molecule has 0 aliphatic carbocycles. The quantitative estimate of drug-likeness (QED) is 0.544. The molecule has 0 amide bonds. The van der Waals surface area contributed by atoms with Gasteiger partial charge in [-0.25, -0.2) is 0 Å². The van der Waals surface area contributed by atoms with E-state index in [1.54, 1.807) is 0 Å². The number of hydrogen-bond donors (Lipinski definition) is 1. The van der Waals surface area contributed by atoms with Gasteiger partial charge in [-0.2, -0.15) is 0 Å². The molecule has 0 aromatic rings. The third-order valence-electron chi connectivity index (χ3n) is 2.94. The van der Waals surface area contributed by atoms with Gasteiger partial charge >= 0.3 is 5.97 Å². The molecule has 1 fully saturated rings. The van der Waals surface area contributed by atoms with Crippen LogP contribution in [0.4, 0.5) is 0 Å². The van der Waals surface area contributed by atoms with Crippen molar-refractivity contribution < 1.29 is 14.6 Å². The molecule has 1 atom stereocenters. The van der Waals surface area contributed by atoms with Crippen LogP contribution in [0, 0.1) is 0 Å². The number of esters is 1. The minimum Gasteiger partial charge on any atom is -0.468 e. The summed E-state index contributed by atoms with van der Waals surface area (Å²) in [6, 6.07) is -0.0533. The van der Waals surface area contributed by atoms with Gasteiger partial charge < -0.3 is 9.84 Å². The van der Waals surface area contributed by atoms with Crippen molar-refractivity contribution in [2.24, 2.45) is 0 Å². The first-order chi connectivity index (χ1) is 7.29. The Morgan fingerprint density at radius 2 is 2.27 bits per heavy atom. The maximum Gasteiger partial charge on any atom is 0.323 e. The molecule has 1 aliphatic rings. The molecule has 4 heteroatoms. The predicted octanol–water partition coefficient (Wildman–Crippen LogP) is 0.786. The molecule has 15 heavy (non-hydrogen) atoms. The van der Waals surface area contributed by atoms with E-state index in [0.717, 1.165) is 45.2 Å². The van der Waals surface area contributed by atoms with Crippen LogP contribution in [-0.2, 0) is 9.53 Å². The smallest absolute Gasteiger partial charge is 0.323 e. The number of unbranched alkanes of at least 4 members (excludes halogenated alkanes) is 1. The highest BCUT2D eigenvalue weighted by Gasteiger charge is 2.28. The molecule has 88 valence electrons. The minimum atomic E-state index is -0.112. The normalized spacial score (nSPS) is 22.7. The van der Waals surface area contributed by atoms with Crippen LogP contribution in [-0.4, -0.2) is 48.8 Å². The summed E-state index contributed by atoms with van der Waals surface area (Å²) in [5.74, 6) is -0.112. The van der Waals surface area contributed by atoms with Gasteiger partial charge in [0.1, 0.15) is 6.04 Å². The van der Waals surface area contributed by atoms with Gasteiger partial charge in [0.15, 0.2) is 0 Å². The molecular weight excluding hydrogens is 194 g/mol. The van der Waals surface area contributed by atoms with Gasteiger partial charge in [-0.05, 0) is 38.8 Å². The molecule has 0 bridgehead atoms. The molecule has 4 nitrogen and oxygen atoms in total. The van der Waals surface area contributed by atoms with Crippen molar-refractivity contribution in [3.63, 3.8) is 0 Å². The van der Waals surface area contributed by atoms with Crippen LogP contribution >= 0.6 is 0 Å². The number of piperidine rings is 1. The van der Waals surface area contributed by atoms with Gasteiger partial charge in [-0.1, -0.05) is 6.42 Å². The monoisotopic (exact) mass is 215 g/mol. The Labute approximate surface area is 91.2 Å². The SMILES string of the molecule is COC(=O)[C@H]1CCCCN1CCCCO. The zero-order chi connectivity index (χ0) is 11.1. The van der Waals surface area contributed by atoms with Crippen LogP contribution in [0.15, 0.2) is 0 Å². The molecular formula is C11H21NO3. The maximum atomic E-state index is 11.5. The van der Waals surface area contributed by atoms with Gasteiger partial charge in [0.2, 0.25) is 0 Å². The third kappa shape index (κ3) is 3.80. The number of nitrogens with zero attached hydrogens (tertiary/aromatic N) is 1. The Bertz CT molecular complexity index is 196. The lowest BCUT2D eigenvalue weighted by Gasteiger charge is -2.33. The van der Waals surface area contributed by atoms with Crippen molar-refractivity contribution in [3.8, 4) is 0 Å². The number of ether oxygens (including phenoxy) is 1. The first-order valence-electron chi connectivity index (χ1n) is 5.72. The Morgan fingerprint density at radius 1 is 1.47 bits per heavy atom. The highest BCUT2D eigenvalue weighted by Crippen LogP contribution is 2.18. The molecule has 0 unspecified atom stereocenters. The molecule has 0 aromatic carbocycles. The van der Waals surface area contributed by atoms with Crippen LogP contribution < -0.4 is 0 Å². The van der Waals surface area contributed by atoms with E-state index in [0.29, 0.717) is 0 Å². The van der Waals surface area contributed by atoms with Crippen LogP contribution in [0.25, 0.3) is 0 Å². The van der Waals surface area contributed by atoms with Crippen LogP contribution in [0.2, 0.25) is 0 Å². The van der Waals surface area contributed by atoms with Crippen molar-refractivity contribution in [2.75, 3.05) is 26.8 Å². The molecule has 1 N–H and O–H groups in total. The summed E-state index contributed by atoms with van der Waals surface area (Å²) in [7, 11) is 1.45. The predicted molar refractivity (Wildman–Crippen MR) is 57.5 cm³/mol. The lowest BCUT2D eigenvalue weighted by Crippen LogP contribution is -2.45. The van der Waals surface area contributed by atoms with E-state index in [1.807, 2.05) is 0 Å². The number of aliphatic hydroxyl groups excluding tert-OH is 1. The largest absolute Gasteiger partial charge is 0.468 e. The third-order valence-corrected chi connectivity index (χ3v) is 2.94. The molecule has 1 heterocycles. The summed E-state index contributed by atoms with van der Waals surface area (Å²) in [6.45, 7) is 2.10. The van der Waals surface area contributed by atoms with Crippen LogP contribution in [0.3, 0.4) is 0 Å². The second-order valence-corrected chi connectivity index (χ2v) is 4.00. The number of carbonyl (C=O) groups is 1. The number of carbonyl (C=O) groups excluding carboxylic acids is 1. The van der Waals surface area contributed by atoms with Crippen molar-refractivity contribution in [2.45, 2.75) is 38.1 Å². The van der Waals surface area contributed by atoms with Gasteiger partial charge in [-0.15, -0.1) is 0 Å². The summed E-state index contributed by atoms with van der Waals surface area (Å²) >= 11 is 0. The Kier molecular flexibility index (Phi) is 5.65. The van der Waals surface area contributed by atoms with E-state index < -0.39 is 0 Å². The lowest BCUT2D eigenvalue weighted by atomic mass is 10.0. The first-order valence-corrected chi connectivity index (χ1v) is 5.72. The zero-order valence-corrected chi connectivity index (χ0v) is 9.45. The summed E-state index contributed by atoms with van der Waals surface area (Å²) < 4.78 is 4.80. The van der Waals surface area contributed by atoms with Crippen molar-refractivity contribution >= 4 is 5.97 Å². The molecule has 0 saturated carbocycles. The van der Waals surface area contributed by atoms with E-state index in [9.17, 15) is 4.79 Å². The number of likely N-dealkylation sites (tertiary alicyclic amines) is 1. The number of aliphatic hydroxyl groups is 1. The molecule has 0 spiro atoms. The van der Waals surface area contributed by atoms with Crippen LogP contribution in [0.1, 0.15) is 32.1 Å². The number of methoxy groups -OCH3 is 1. The van der Waals surface area contributed by atoms with E-state index in [-0.39, 0.29) is 18.6 Å². The molecule has 1 aliphatic heterocycles. The average Bonchev–Trinajstić information content (AvgIpc) is 2.29. The van der Waals surface area contributed by atoms with E-state index >= 15 is 0 Å². The maximum absolute atomic E-state index is 11.5. The second kappa shape index (κ2) is 6.80. The fraction of sp³-hybridized carbons (Fsp3) is 0.909. The highest BCUT2D eigenvalue weighted by molar-refractivity contribution is 5.75. The summed E-state index contributed by atoms with van der Waals surface area (Å²) in [5, 5.41) is 8.71.